The number of benzene rings is 2. The highest BCUT2D eigenvalue weighted by Crippen LogP contribution is 2.43. The molecule has 0 aliphatic carbocycles. The molecule has 3 heterocycles. The Hall–Kier alpha value is -3.81. The lowest BCUT2D eigenvalue weighted by Gasteiger charge is -2.42. The summed E-state index contributed by atoms with van der Waals surface area (Å²) in [5.74, 6) is -1.39. The Balaban J connectivity index is 1.65. The summed E-state index contributed by atoms with van der Waals surface area (Å²) in [6, 6.07) is 6.12. The summed E-state index contributed by atoms with van der Waals surface area (Å²) in [6.45, 7) is 6.65. The van der Waals surface area contributed by atoms with Gasteiger partial charge in [0.2, 0.25) is 5.91 Å². The van der Waals surface area contributed by atoms with E-state index in [1.165, 1.54) is 18.2 Å². The number of nitriles is 1. The van der Waals surface area contributed by atoms with Crippen molar-refractivity contribution in [3.63, 3.8) is 0 Å². The fourth-order valence-electron chi connectivity index (χ4n) is 4.96. The average Bonchev–Trinajstić information content (AvgIpc) is 3.27. The van der Waals surface area contributed by atoms with Crippen molar-refractivity contribution in [1.29, 1.82) is 5.26 Å². The van der Waals surface area contributed by atoms with Gasteiger partial charge in [0.15, 0.2) is 10.9 Å². The van der Waals surface area contributed by atoms with Gasteiger partial charge in [-0.3, -0.25) is 9.78 Å². The van der Waals surface area contributed by atoms with E-state index in [0.717, 1.165) is 22.6 Å². The first-order valence-corrected chi connectivity index (χ1v) is 12.6. The number of anilines is 2. The Labute approximate surface area is 220 Å². The highest BCUT2D eigenvalue weighted by atomic mass is 35.5. The number of carbonyl (C=O) groups is 1. The molecule has 37 heavy (non-hydrogen) atoms. The molecular formula is C26H21ClF2N6OS. The van der Waals surface area contributed by atoms with E-state index in [1.54, 1.807) is 17.2 Å². The van der Waals surface area contributed by atoms with Crippen LogP contribution < -0.4 is 10.6 Å². The molecule has 0 spiro atoms. The molecule has 1 fully saturated rings. The summed E-state index contributed by atoms with van der Waals surface area (Å²) in [7, 11) is 0. The summed E-state index contributed by atoms with van der Waals surface area (Å²) in [5.41, 5.74) is 8.06. The smallest absolute Gasteiger partial charge is 0.246 e. The SMILES string of the molecule is C=CC(=O)N1CCN(c2c(C)cnc3c(F)c(-c4ccc(F)c5sc(N)nc45)c(Cl)cc23)C[C@@H]1CC#N. The summed E-state index contributed by atoms with van der Waals surface area (Å²) < 4.78 is 30.7. The van der Waals surface area contributed by atoms with E-state index < -0.39 is 11.6 Å². The first-order chi connectivity index (χ1) is 17.7. The molecular weight excluding hydrogens is 518 g/mol. The quantitative estimate of drug-likeness (QED) is 0.347. The molecule has 0 saturated carbocycles. The molecule has 0 radical (unpaired) electrons. The van der Waals surface area contributed by atoms with Crippen molar-refractivity contribution < 1.29 is 13.6 Å². The van der Waals surface area contributed by atoms with Crippen LogP contribution in [0.1, 0.15) is 12.0 Å². The van der Waals surface area contributed by atoms with E-state index >= 15 is 4.39 Å². The lowest BCUT2D eigenvalue weighted by atomic mass is 9.98. The van der Waals surface area contributed by atoms with Crippen molar-refractivity contribution in [1.82, 2.24) is 14.9 Å². The molecule has 0 bridgehead atoms. The van der Waals surface area contributed by atoms with Crippen LogP contribution in [-0.4, -0.2) is 46.5 Å². The van der Waals surface area contributed by atoms with E-state index in [1.807, 2.05) is 11.8 Å². The molecule has 2 aromatic heterocycles. The van der Waals surface area contributed by atoms with Crippen LogP contribution in [-0.2, 0) is 4.79 Å². The normalized spacial score (nSPS) is 15.8. The maximum atomic E-state index is 16.1. The predicted molar refractivity (Wildman–Crippen MR) is 143 cm³/mol. The van der Waals surface area contributed by atoms with Crippen LogP contribution in [0, 0.1) is 29.9 Å². The molecule has 2 aromatic carbocycles. The van der Waals surface area contributed by atoms with Crippen molar-refractivity contribution in [2.75, 3.05) is 30.3 Å². The molecule has 1 amide bonds. The van der Waals surface area contributed by atoms with Gasteiger partial charge in [0.1, 0.15) is 11.3 Å². The molecule has 2 N–H and O–H groups in total. The first kappa shape index (κ1) is 24.9. The number of hydrogen-bond acceptors (Lipinski definition) is 7. The molecule has 188 valence electrons. The number of nitrogen functional groups attached to an aromatic ring is 1. The Morgan fingerprint density at radius 1 is 1.38 bits per heavy atom. The van der Waals surface area contributed by atoms with E-state index in [0.29, 0.717) is 30.6 Å². The zero-order valence-electron chi connectivity index (χ0n) is 19.8. The van der Waals surface area contributed by atoms with Gasteiger partial charge in [-0.25, -0.2) is 13.8 Å². The van der Waals surface area contributed by atoms with Gasteiger partial charge >= 0.3 is 0 Å². The molecule has 1 atom stereocenters. The number of rotatable bonds is 4. The van der Waals surface area contributed by atoms with Crippen LogP contribution in [0.15, 0.2) is 37.1 Å². The van der Waals surface area contributed by atoms with Crippen molar-refractivity contribution in [3.05, 3.63) is 59.3 Å². The van der Waals surface area contributed by atoms with Crippen LogP contribution in [0.2, 0.25) is 5.02 Å². The third-order valence-corrected chi connectivity index (χ3v) is 7.76. The fraction of sp³-hybridized carbons (Fsp3) is 0.231. The number of nitrogens with two attached hydrogens (primary N) is 1. The maximum absolute atomic E-state index is 16.1. The number of fused-ring (bicyclic) bond motifs is 2. The number of nitrogens with zero attached hydrogens (tertiary/aromatic N) is 5. The topological polar surface area (TPSA) is 99.1 Å². The fourth-order valence-corrected chi connectivity index (χ4v) is 6.01. The number of aryl methyl sites for hydroxylation is 1. The second-order valence-corrected chi connectivity index (χ2v) is 10.2. The minimum atomic E-state index is -0.655. The van der Waals surface area contributed by atoms with Crippen LogP contribution in [0.4, 0.5) is 19.6 Å². The van der Waals surface area contributed by atoms with Gasteiger partial charge in [0.05, 0.1) is 39.5 Å². The number of thiazole rings is 1. The number of halogens is 3. The number of hydrogen-bond donors (Lipinski definition) is 1. The molecule has 0 unspecified atom stereocenters. The number of amides is 1. The largest absolute Gasteiger partial charge is 0.375 e. The Bertz CT molecular complexity index is 1630. The van der Waals surface area contributed by atoms with E-state index in [2.05, 4.69) is 22.6 Å². The van der Waals surface area contributed by atoms with Gasteiger partial charge in [-0.15, -0.1) is 0 Å². The van der Waals surface area contributed by atoms with Crippen LogP contribution in [0.5, 0.6) is 0 Å². The molecule has 11 heteroatoms. The summed E-state index contributed by atoms with van der Waals surface area (Å²) >= 11 is 7.65. The lowest BCUT2D eigenvalue weighted by Crippen LogP contribution is -2.55. The minimum absolute atomic E-state index is 0.0653. The van der Waals surface area contributed by atoms with Crippen molar-refractivity contribution in [2.24, 2.45) is 0 Å². The van der Waals surface area contributed by atoms with Gasteiger partial charge in [-0.2, -0.15) is 5.26 Å². The van der Waals surface area contributed by atoms with Gasteiger partial charge in [-0.05, 0) is 36.8 Å². The minimum Gasteiger partial charge on any atom is -0.375 e. The molecule has 1 saturated heterocycles. The second-order valence-electron chi connectivity index (χ2n) is 8.76. The molecule has 4 aromatic rings. The van der Waals surface area contributed by atoms with E-state index in [4.69, 9.17) is 17.3 Å². The molecule has 1 aliphatic rings. The molecule has 1 aliphatic heterocycles. The predicted octanol–water partition coefficient (Wildman–Crippen LogP) is 5.45. The van der Waals surface area contributed by atoms with Crippen molar-refractivity contribution >= 4 is 60.8 Å². The van der Waals surface area contributed by atoms with Crippen molar-refractivity contribution in [2.45, 2.75) is 19.4 Å². The zero-order valence-corrected chi connectivity index (χ0v) is 21.3. The van der Waals surface area contributed by atoms with E-state index in [9.17, 15) is 14.4 Å². The van der Waals surface area contributed by atoms with Gasteiger partial charge in [0.25, 0.3) is 0 Å². The number of pyridine rings is 1. The highest BCUT2D eigenvalue weighted by Gasteiger charge is 2.31. The first-order valence-electron chi connectivity index (χ1n) is 11.4. The third kappa shape index (κ3) is 4.14. The number of aromatic nitrogens is 2. The average molecular weight is 539 g/mol. The Kier molecular flexibility index (Phi) is 6.43. The van der Waals surface area contributed by atoms with E-state index in [-0.39, 0.29) is 49.8 Å². The number of carbonyl (C=O) groups excluding carboxylic acids is 1. The lowest BCUT2D eigenvalue weighted by molar-refractivity contribution is -0.128. The highest BCUT2D eigenvalue weighted by molar-refractivity contribution is 7.22. The second kappa shape index (κ2) is 9.57. The zero-order chi connectivity index (χ0) is 26.4. The molecule has 5 rings (SSSR count). The Morgan fingerprint density at radius 3 is 2.89 bits per heavy atom. The van der Waals surface area contributed by atoms with Crippen LogP contribution in [0.3, 0.4) is 0 Å². The van der Waals surface area contributed by atoms with Crippen LogP contribution >= 0.6 is 22.9 Å². The van der Waals surface area contributed by atoms with Gasteiger partial charge in [-0.1, -0.05) is 29.5 Å². The van der Waals surface area contributed by atoms with Crippen molar-refractivity contribution in [3.8, 4) is 17.2 Å². The van der Waals surface area contributed by atoms with Crippen LogP contribution in [0.25, 0.3) is 32.2 Å². The number of piperazine rings is 1. The summed E-state index contributed by atoms with van der Waals surface area (Å²) in [6.07, 6.45) is 2.97. The standard InChI is InChI=1S/C26H21ClF2N6OS/c1-3-19(36)35-9-8-34(12-14(35)6-7-30)24-13(2)11-32-22-16(24)10-17(27)20(21(22)29)15-4-5-18(28)25-23(15)33-26(31)37-25/h3-5,10-11,14H,1,6,8-9,12H2,2H3,(H2,31,33)/t14-/m0/s1. The maximum Gasteiger partial charge on any atom is 0.246 e. The Morgan fingerprint density at radius 2 is 2.16 bits per heavy atom. The summed E-state index contributed by atoms with van der Waals surface area (Å²) in [5, 5.41) is 10.1. The molecule has 7 nitrogen and oxygen atoms in total. The summed E-state index contributed by atoms with van der Waals surface area (Å²) in [4.78, 5) is 24.6. The van der Waals surface area contributed by atoms with Gasteiger partial charge < -0.3 is 15.5 Å². The van der Waals surface area contributed by atoms with Gasteiger partial charge in [0, 0.05) is 42.3 Å². The monoisotopic (exact) mass is 538 g/mol. The third-order valence-electron chi connectivity index (χ3n) is 6.57.